The lowest BCUT2D eigenvalue weighted by Crippen LogP contribution is -2.36. The molecule has 0 spiro atoms. The van der Waals surface area contributed by atoms with Crippen molar-refractivity contribution < 1.29 is 13.9 Å². The summed E-state index contributed by atoms with van der Waals surface area (Å²) in [6.45, 7) is 6.33. The number of hydrogen-bond acceptors (Lipinski definition) is 5. The summed E-state index contributed by atoms with van der Waals surface area (Å²) in [6, 6.07) is 15.7. The van der Waals surface area contributed by atoms with Gasteiger partial charge in [0.1, 0.15) is 6.26 Å². The van der Waals surface area contributed by atoms with Crippen LogP contribution in [0.15, 0.2) is 64.2 Å². The SMILES string of the molecule is CCNC(=NCc1ccc(OC)c(OCC)c1)NCc1coc(-c2ccccc2)n1.I. The second-order valence-electron chi connectivity index (χ2n) is 6.48. The van der Waals surface area contributed by atoms with Crippen molar-refractivity contribution in [2.45, 2.75) is 26.9 Å². The fourth-order valence-corrected chi connectivity index (χ4v) is 2.88. The van der Waals surface area contributed by atoms with Gasteiger partial charge >= 0.3 is 0 Å². The molecule has 0 saturated heterocycles. The molecule has 0 amide bonds. The molecule has 166 valence electrons. The van der Waals surface area contributed by atoms with Crippen molar-refractivity contribution in [3.63, 3.8) is 0 Å². The summed E-state index contributed by atoms with van der Waals surface area (Å²) in [5.74, 6) is 2.75. The van der Waals surface area contributed by atoms with Gasteiger partial charge in [-0.15, -0.1) is 24.0 Å². The predicted octanol–water partition coefficient (Wildman–Crippen LogP) is 4.62. The number of ether oxygens (including phenoxy) is 2. The molecule has 0 saturated carbocycles. The molecule has 8 heteroatoms. The topological polar surface area (TPSA) is 80.9 Å². The first kappa shape index (κ1) is 24.5. The molecular formula is C23H29IN4O3. The third-order valence-corrected chi connectivity index (χ3v) is 4.30. The molecule has 31 heavy (non-hydrogen) atoms. The molecule has 0 aliphatic heterocycles. The number of nitrogens with zero attached hydrogens (tertiary/aromatic N) is 2. The average molecular weight is 536 g/mol. The van der Waals surface area contributed by atoms with E-state index >= 15 is 0 Å². The monoisotopic (exact) mass is 536 g/mol. The second-order valence-corrected chi connectivity index (χ2v) is 6.48. The van der Waals surface area contributed by atoms with E-state index in [2.05, 4.69) is 20.6 Å². The molecule has 0 radical (unpaired) electrons. The Bertz CT molecular complexity index is 960. The van der Waals surface area contributed by atoms with Crippen LogP contribution in [0.5, 0.6) is 11.5 Å². The van der Waals surface area contributed by atoms with Crippen molar-refractivity contribution in [3.8, 4) is 23.0 Å². The zero-order valence-corrected chi connectivity index (χ0v) is 20.4. The second kappa shape index (κ2) is 12.8. The van der Waals surface area contributed by atoms with Crippen LogP contribution in [0.3, 0.4) is 0 Å². The summed E-state index contributed by atoms with van der Waals surface area (Å²) in [4.78, 5) is 9.20. The highest BCUT2D eigenvalue weighted by molar-refractivity contribution is 14.0. The van der Waals surface area contributed by atoms with Crippen molar-refractivity contribution in [2.75, 3.05) is 20.3 Å². The number of methoxy groups -OCH3 is 1. The number of halogens is 1. The van der Waals surface area contributed by atoms with Gasteiger partial charge in [0, 0.05) is 12.1 Å². The van der Waals surface area contributed by atoms with Gasteiger partial charge in [0.15, 0.2) is 17.5 Å². The highest BCUT2D eigenvalue weighted by Gasteiger charge is 2.08. The number of aromatic nitrogens is 1. The van der Waals surface area contributed by atoms with Crippen LogP contribution >= 0.6 is 24.0 Å². The Labute approximate surface area is 200 Å². The minimum atomic E-state index is 0. The minimum Gasteiger partial charge on any atom is -0.493 e. The van der Waals surface area contributed by atoms with Gasteiger partial charge in [-0.25, -0.2) is 9.98 Å². The van der Waals surface area contributed by atoms with Crippen molar-refractivity contribution in [1.82, 2.24) is 15.6 Å². The van der Waals surface area contributed by atoms with Gasteiger partial charge in [-0.1, -0.05) is 24.3 Å². The average Bonchev–Trinajstić information content (AvgIpc) is 3.26. The molecule has 0 bridgehead atoms. The molecule has 7 nitrogen and oxygen atoms in total. The number of rotatable bonds is 9. The number of hydrogen-bond donors (Lipinski definition) is 2. The fourth-order valence-electron chi connectivity index (χ4n) is 2.88. The maximum absolute atomic E-state index is 5.64. The molecule has 0 atom stereocenters. The highest BCUT2D eigenvalue weighted by Crippen LogP contribution is 2.28. The van der Waals surface area contributed by atoms with E-state index < -0.39 is 0 Å². The van der Waals surface area contributed by atoms with Gasteiger partial charge in [0.25, 0.3) is 0 Å². The van der Waals surface area contributed by atoms with Crippen LogP contribution in [0, 0.1) is 0 Å². The minimum absolute atomic E-state index is 0. The fraction of sp³-hybridized carbons (Fsp3) is 0.304. The smallest absolute Gasteiger partial charge is 0.226 e. The number of oxazole rings is 1. The maximum Gasteiger partial charge on any atom is 0.226 e. The van der Waals surface area contributed by atoms with Gasteiger partial charge in [-0.2, -0.15) is 0 Å². The van der Waals surface area contributed by atoms with Crippen LogP contribution in [-0.2, 0) is 13.1 Å². The van der Waals surface area contributed by atoms with E-state index in [-0.39, 0.29) is 24.0 Å². The molecule has 0 unspecified atom stereocenters. The molecule has 0 aliphatic carbocycles. The van der Waals surface area contributed by atoms with Crippen LogP contribution in [0.1, 0.15) is 25.1 Å². The number of benzene rings is 2. The van der Waals surface area contributed by atoms with E-state index in [1.54, 1.807) is 13.4 Å². The molecule has 2 N–H and O–H groups in total. The van der Waals surface area contributed by atoms with Gasteiger partial charge in [0.2, 0.25) is 5.89 Å². The highest BCUT2D eigenvalue weighted by atomic mass is 127. The van der Waals surface area contributed by atoms with Gasteiger partial charge < -0.3 is 24.5 Å². The van der Waals surface area contributed by atoms with E-state index in [0.29, 0.717) is 31.5 Å². The largest absolute Gasteiger partial charge is 0.493 e. The first-order valence-corrected chi connectivity index (χ1v) is 10.0. The van der Waals surface area contributed by atoms with Crippen molar-refractivity contribution in [2.24, 2.45) is 4.99 Å². The summed E-state index contributed by atoms with van der Waals surface area (Å²) in [6.07, 6.45) is 1.66. The zero-order valence-electron chi connectivity index (χ0n) is 18.1. The lowest BCUT2D eigenvalue weighted by molar-refractivity contribution is 0.310. The lowest BCUT2D eigenvalue weighted by atomic mass is 10.2. The van der Waals surface area contributed by atoms with Crippen LogP contribution < -0.4 is 20.1 Å². The van der Waals surface area contributed by atoms with Gasteiger partial charge in [0.05, 0.1) is 32.5 Å². The molecule has 1 heterocycles. The molecular weight excluding hydrogens is 507 g/mol. The van der Waals surface area contributed by atoms with E-state index in [0.717, 1.165) is 34.9 Å². The number of nitrogens with one attached hydrogen (secondary N) is 2. The summed E-state index contributed by atoms with van der Waals surface area (Å²) >= 11 is 0. The summed E-state index contributed by atoms with van der Waals surface area (Å²) in [7, 11) is 1.63. The molecule has 3 aromatic rings. The standard InChI is InChI=1S/C23H28N4O3.HI/c1-4-24-23(25-14-17-11-12-20(28-3)21(13-17)29-5-2)26-15-19-16-30-22(27-19)18-9-7-6-8-10-18;/h6-13,16H,4-5,14-15H2,1-3H3,(H2,24,25,26);1H. The van der Waals surface area contributed by atoms with E-state index in [4.69, 9.17) is 13.9 Å². The van der Waals surface area contributed by atoms with Gasteiger partial charge in [-0.3, -0.25) is 0 Å². The Kier molecular flexibility index (Phi) is 10.2. The Balaban J connectivity index is 0.00000341. The molecule has 2 aromatic carbocycles. The van der Waals surface area contributed by atoms with Crippen LogP contribution in [0.2, 0.25) is 0 Å². The van der Waals surface area contributed by atoms with Crippen LogP contribution in [0.25, 0.3) is 11.5 Å². The third-order valence-electron chi connectivity index (χ3n) is 4.30. The van der Waals surface area contributed by atoms with E-state index in [1.807, 2.05) is 62.4 Å². The predicted molar refractivity (Wildman–Crippen MR) is 133 cm³/mol. The molecule has 1 aromatic heterocycles. The lowest BCUT2D eigenvalue weighted by Gasteiger charge is -2.12. The summed E-state index contributed by atoms with van der Waals surface area (Å²) in [5, 5.41) is 6.54. The summed E-state index contributed by atoms with van der Waals surface area (Å²) in [5.41, 5.74) is 2.79. The quantitative estimate of drug-likeness (QED) is 0.236. The normalized spacial score (nSPS) is 10.9. The van der Waals surface area contributed by atoms with E-state index in [9.17, 15) is 0 Å². The Hall–Kier alpha value is -2.75. The zero-order chi connectivity index (χ0) is 21.2. The molecule has 0 aliphatic rings. The first-order valence-electron chi connectivity index (χ1n) is 10.0. The van der Waals surface area contributed by atoms with E-state index in [1.165, 1.54) is 0 Å². The number of guanidine groups is 1. The first-order chi connectivity index (χ1) is 14.7. The van der Waals surface area contributed by atoms with Crippen molar-refractivity contribution >= 4 is 29.9 Å². The van der Waals surface area contributed by atoms with Gasteiger partial charge in [-0.05, 0) is 43.7 Å². The Morgan fingerprint density at radius 2 is 1.87 bits per heavy atom. The van der Waals surface area contributed by atoms with Crippen LogP contribution in [-0.4, -0.2) is 31.2 Å². The molecule has 0 fully saturated rings. The number of aliphatic imine (C=N–C) groups is 1. The Morgan fingerprint density at radius 3 is 2.58 bits per heavy atom. The summed E-state index contributed by atoms with van der Waals surface area (Å²) < 4.78 is 16.6. The maximum atomic E-state index is 5.64. The van der Waals surface area contributed by atoms with Crippen LogP contribution in [0.4, 0.5) is 0 Å². The Morgan fingerprint density at radius 1 is 1.06 bits per heavy atom. The third kappa shape index (κ3) is 7.16. The van der Waals surface area contributed by atoms with Crippen molar-refractivity contribution in [3.05, 3.63) is 66.1 Å². The van der Waals surface area contributed by atoms with Crippen molar-refractivity contribution in [1.29, 1.82) is 0 Å². The molecule has 3 rings (SSSR count).